The highest BCUT2D eigenvalue weighted by Crippen LogP contribution is 2.23. The Hall–Kier alpha value is -3.31. The molecule has 0 aliphatic rings. The lowest BCUT2D eigenvalue weighted by molar-refractivity contribution is 0.0953. The van der Waals surface area contributed by atoms with Crippen LogP contribution in [0.15, 0.2) is 72.8 Å². The molecule has 35 heavy (non-hydrogen) atoms. The Bertz CT molecular complexity index is 1250. The first-order chi connectivity index (χ1) is 17.1. The van der Waals surface area contributed by atoms with E-state index in [1.807, 2.05) is 61.5 Å². The number of hydrogen-bond donors (Lipinski definition) is 1. The summed E-state index contributed by atoms with van der Waals surface area (Å²) in [5, 5.41) is 3.65. The summed E-state index contributed by atoms with van der Waals surface area (Å²) in [6.07, 6.45) is 4.78. The molecule has 5 nitrogen and oxygen atoms in total. The van der Waals surface area contributed by atoms with Crippen molar-refractivity contribution in [1.82, 2.24) is 14.9 Å². The Labute approximate surface area is 212 Å². The number of halogens is 1. The van der Waals surface area contributed by atoms with E-state index in [1.54, 1.807) is 0 Å². The zero-order valence-electron chi connectivity index (χ0n) is 20.2. The van der Waals surface area contributed by atoms with Gasteiger partial charge in [0.25, 0.3) is 5.91 Å². The fraction of sp³-hybridized carbons (Fsp3) is 0.310. The van der Waals surface area contributed by atoms with E-state index in [4.69, 9.17) is 21.3 Å². The number of benzene rings is 3. The van der Waals surface area contributed by atoms with Crippen molar-refractivity contribution < 1.29 is 9.53 Å². The first-order valence-electron chi connectivity index (χ1n) is 12.3. The molecule has 0 aliphatic carbocycles. The van der Waals surface area contributed by atoms with Crippen molar-refractivity contribution in [3.05, 3.63) is 94.8 Å². The Balaban J connectivity index is 1.24. The largest absolute Gasteiger partial charge is 0.492 e. The zero-order valence-corrected chi connectivity index (χ0v) is 20.9. The fourth-order valence-electron chi connectivity index (χ4n) is 4.13. The van der Waals surface area contributed by atoms with Crippen LogP contribution in [0, 0.1) is 6.92 Å². The molecule has 182 valence electrons. The third-order valence-corrected chi connectivity index (χ3v) is 6.34. The van der Waals surface area contributed by atoms with E-state index in [0.717, 1.165) is 66.8 Å². The molecule has 4 aromatic rings. The van der Waals surface area contributed by atoms with Gasteiger partial charge in [-0.1, -0.05) is 60.0 Å². The molecule has 0 spiro atoms. The second-order valence-corrected chi connectivity index (χ2v) is 9.14. The van der Waals surface area contributed by atoms with Crippen LogP contribution in [-0.2, 0) is 13.0 Å². The molecular formula is C29H32ClN3O2. The number of amides is 1. The molecular weight excluding hydrogens is 458 g/mol. The van der Waals surface area contributed by atoms with E-state index in [9.17, 15) is 4.79 Å². The van der Waals surface area contributed by atoms with Crippen molar-refractivity contribution in [3.8, 4) is 5.75 Å². The van der Waals surface area contributed by atoms with Crippen molar-refractivity contribution in [2.45, 2.75) is 45.6 Å². The molecule has 0 aliphatic heterocycles. The first-order valence-corrected chi connectivity index (χ1v) is 12.7. The van der Waals surface area contributed by atoms with Gasteiger partial charge in [0.05, 0.1) is 22.7 Å². The summed E-state index contributed by atoms with van der Waals surface area (Å²) in [4.78, 5) is 17.1. The summed E-state index contributed by atoms with van der Waals surface area (Å²) >= 11 is 6.19. The molecule has 6 heteroatoms. The summed E-state index contributed by atoms with van der Waals surface area (Å²) in [6, 6.07) is 23.5. The minimum absolute atomic E-state index is 0.00852. The van der Waals surface area contributed by atoms with Gasteiger partial charge < -0.3 is 14.6 Å². The molecule has 0 atom stereocenters. The van der Waals surface area contributed by atoms with Crippen LogP contribution in [0.1, 0.15) is 47.4 Å². The number of aromatic nitrogens is 2. The van der Waals surface area contributed by atoms with Crippen LogP contribution in [0.25, 0.3) is 11.0 Å². The van der Waals surface area contributed by atoms with Crippen LogP contribution in [0.2, 0.25) is 5.02 Å². The van der Waals surface area contributed by atoms with Gasteiger partial charge in [0, 0.05) is 25.1 Å². The zero-order chi connectivity index (χ0) is 24.5. The monoisotopic (exact) mass is 489 g/mol. The van der Waals surface area contributed by atoms with Gasteiger partial charge in [0.2, 0.25) is 0 Å². The van der Waals surface area contributed by atoms with Gasteiger partial charge in [-0.05, 0) is 62.6 Å². The minimum atomic E-state index is -0.00852. The van der Waals surface area contributed by atoms with E-state index >= 15 is 0 Å². The van der Waals surface area contributed by atoms with E-state index < -0.39 is 0 Å². The maximum Gasteiger partial charge on any atom is 0.251 e. The smallest absolute Gasteiger partial charge is 0.251 e. The highest BCUT2D eigenvalue weighted by atomic mass is 35.5. The van der Waals surface area contributed by atoms with Crippen molar-refractivity contribution in [2.75, 3.05) is 13.2 Å². The van der Waals surface area contributed by atoms with Crippen molar-refractivity contribution in [3.63, 3.8) is 0 Å². The molecule has 1 amide bonds. The highest BCUT2D eigenvalue weighted by molar-refractivity contribution is 6.32. The number of hydrogen-bond acceptors (Lipinski definition) is 3. The van der Waals surface area contributed by atoms with Gasteiger partial charge in [0.1, 0.15) is 11.6 Å². The number of aryl methyl sites for hydroxylation is 3. The topological polar surface area (TPSA) is 56.2 Å². The molecule has 4 rings (SSSR count). The molecule has 0 bridgehead atoms. The number of nitrogens with one attached hydrogen (secondary N) is 1. The number of para-hydroxylation sites is 3. The molecule has 0 saturated carbocycles. The third-order valence-electron chi connectivity index (χ3n) is 6.03. The highest BCUT2D eigenvalue weighted by Gasteiger charge is 2.11. The lowest BCUT2D eigenvalue weighted by Gasteiger charge is -2.11. The quantitative estimate of drug-likeness (QED) is 0.228. The number of rotatable bonds is 12. The third kappa shape index (κ3) is 6.86. The van der Waals surface area contributed by atoms with Gasteiger partial charge >= 0.3 is 0 Å². The van der Waals surface area contributed by atoms with Gasteiger partial charge in [-0.2, -0.15) is 0 Å². The number of imidazole rings is 1. The van der Waals surface area contributed by atoms with Crippen LogP contribution in [-0.4, -0.2) is 28.6 Å². The molecule has 1 N–H and O–H groups in total. The van der Waals surface area contributed by atoms with E-state index in [2.05, 4.69) is 28.1 Å². The Morgan fingerprint density at radius 3 is 2.54 bits per heavy atom. The minimum Gasteiger partial charge on any atom is -0.492 e. The average molecular weight is 490 g/mol. The number of nitrogens with zero attached hydrogens (tertiary/aromatic N) is 2. The number of unbranched alkanes of at least 4 members (excludes halogenated alkanes) is 2. The van der Waals surface area contributed by atoms with Crippen LogP contribution >= 0.6 is 11.6 Å². The standard InChI is InChI=1S/C29H32ClN3O2/c1-22-15-17-23(18-16-22)29(34)31-19-8-2-3-14-28-32-25-11-5-6-12-26(25)33(28)20-9-21-35-27-13-7-4-10-24(27)30/h4-7,10-13,15-18H,2-3,8-9,14,19-21H2,1H3,(H,31,34). The molecule has 0 radical (unpaired) electrons. The molecule has 0 unspecified atom stereocenters. The lowest BCUT2D eigenvalue weighted by Crippen LogP contribution is -2.24. The number of carbonyl (C=O) groups is 1. The Morgan fingerprint density at radius 1 is 0.943 bits per heavy atom. The SMILES string of the molecule is Cc1ccc(C(=O)NCCCCCc2nc3ccccc3n2CCCOc2ccccc2Cl)cc1. The molecule has 1 heterocycles. The van der Waals surface area contributed by atoms with E-state index in [1.165, 1.54) is 0 Å². The van der Waals surface area contributed by atoms with Gasteiger partial charge in [-0.25, -0.2) is 4.98 Å². The Morgan fingerprint density at radius 2 is 1.71 bits per heavy atom. The van der Waals surface area contributed by atoms with Crippen molar-refractivity contribution in [1.29, 1.82) is 0 Å². The lowest BCUT2D eigenvalue weighted by atomic mass is 10.1. The van der Waals surface area contributed by atoms with Gasteiger partial charge in [-0.3, -0.25) is 4.79 Å². The maximum atomic E-state index is 12.2. The molecule has 0 fully saturated rings. The summed E-state index contributed by atoms with van der Waals surface area (Å²) in [6.45, 7) is 4.14. The van der Waals surface area contributed by atoms with Crippen molar-refractivity contribution in [2.24, 2.45) is 0 Å². The molecule has 3 aromatic carbocycles. The number of ether oxygens (including phenoxy) is 1. The molecule has 0 saturated heterocycles. The normalized spacial score (nSPS) is 11.0. The maximum absolute atomic E-state index is 12.2. The van der Waals surface area contributed by atoms with E-state index in [0.29, 0.717) is 23.7 Å². The van der Waals surface area contributed by atoms with Gasteiger partial charge in [0.15, 0.2) is 0 Å². The van der Waals surface area contributed by atoms with Crippen molar-refractivity contribution >= 4 is 28.5 Å². The van der Waals surface area contributed by atoms with Crippen LogP contribution < -0.4 is 10.1 Å². The number of fused-ring (bicyclic) bond motifs is 1. The predicted octanol–water partition coefficient (Wildman–Crippen LogP) is 6.61. The van der Waals surface area contributed by atoms with Crippen LogP contribution in [0.3, 0.4) is 0 Å². The number of carbonyl (C=O) groups excluding carboxylic acids is 1. The van der Waals surface area contributed by atoms with Gasteiger partial charge in [-0.15, -0.1) is 0 Å². The van der Waals surface area contributed by atoms with Crippen LogP contribution in [0.5, 0.6) is 5.75 Å². The summed E-state index contributed by atoms with van der Waals surface area (Å²) in [7, 11) is 0. The fourth-order valence-corrected chi connectivity index (χ4v) is 4.32. The summed E-state index contributed by atoms with van der Waals surface area (Å²) < 4.78 is 8.18. The van der Waals surface area contributed by atoms with E-state index in [-0.39, 0.29) is 5.91 Å². The summed E-state index contributed by atoms with van der Waals surface area (Å²) in [5.41, 5.74) is 4.05. The second-order valence-electron chi connectivity index (χ2n) is 8.73. The first kappa shape index (κ1) is 24.8. The van der Waals surface area contributed by atoms with Crippen LogP contribution in [0.4, 0.5) is 0 Å². The Kier molecular flexibility index (Phi) is 8.79. The molecule has 1 aromatic heterocycles. The predicted molar refractivity (Wildman–Crippen MR) is 142 cm³/mol. The average Bonchev–Trinajstić information content (AvgIpc) is 3.22. The second kappa shape index (κ2) is 12.4. The summed E-state index contributed by atoms with van der Waals surface area (Å²) in [5.74, 6) is 1.82.